The summed E-state index contributed by atoms with van der Waals surface area (Å²) in [4.78, 5) is 17.2. The number of fused-ring (bicyclic) bond motifs is 3. The molecule has 1 aromatic carbocycles. The Morgan fingerprint density at radius 1 is 1.14 bits per heavy atom. The van der Waals surface area contributed by atoms with E-state index in [0.717, 1.165) is 42.0 Å². The number of hydrogen-bond donors (Lipinski definition) is 1. The molecule has 0 bridgehead atoms. The third kappa shape index (κ3) is 2.93. The summed E-state index contributed by atoms with van der Waals surface area (Å²) in [7, 11) is 3.70. The molecule has 1 aliphatic rings. The van der Waals surface area contributed by atoms with Crippen LogP contribution in [0, 0.1) is 0 Å². The largest absolute Gasteiger partial charge is 0.495 e. The molecule has 0 spiro atoms. The van der Waals surface area contributed by atoms with Gasteiger partial charge >= 0.3 is 0 Å². The summed E-state index contributed by atoms with van der Waals surface area (Å²) in [5.74, 6) is 0.691. The quantitative estimate of drug-likeness (QED) is 0.588. The van der Waals surface area contributed by atoms with Crippen LogP contribution in [-0.2, 0) is 20.0 Å². The summed E-state index contributed by atoms with van der Waals surface area (Å²) in [6.45, 7) is 1.90. The van der Waals surface area contributed by atoms with Gasteiger partial charge in [-0.2, -0.15) is 0 Å². The Balaban J connectivity index is 1.56. The average molecular weight is 386 g/mol. The van der Waals surface area contributed by atoms with E-state index < -0.39 is 0 Å². The lowest BCUT2D eigenvalue weighted by Crippen LogP contribution is -2.24. The van der Waals surface area contributed by atoms with Gasteiger partial charge in [-0.25, -0.2) is 0 Å². The molecule has 0 saturated carbocycles. The standard InChI is InChI=1S/C23H22N4O2/c1-26-21-12-16(3-5-18(21)19-7-9-24-14-22(19)26)27-10-8-15(11-23(27)28)20-6-4-17(29-2)13-25-20/h3-6,8,10-13,24H,7,9,14H2,1-2H3. The van der Waals surface area contributed by atoms with Gasteiger partial charge in [0.05, 0.1) is 30.2 Å². The lowest BCUT2D eigenvalue weighted by atomic mass is 10.0. The zero-order chi connectivity index (χ0) is 20.0. The number of hydrogen-bond acceptors (Lipinski definition) is 4. The van der Waals surface area contributed by atoms with Gasteiger partial charge in [-0.1, -0.05) is 6.07 Å². The Hall–Kier alpha value is -3.38. The van der Waals surface area contributed by atoms with E-state index in [1.54, 1.807) is 23.9 Å². The summed E-state index contributed by atoms with van der Waals surface area (Å²) in [6, 6.07) is 13.5. The van der Waals surface area contributed by atoms with Gasteiger partial charge in [-0.15, -0.1) is 0 Å². The molecule has 0 amide bonds. The van der Waals surface area contributed by atoms with Crippen LogP contribution in [0.5, 0.6) is 5.75 Å². The highest BCUT2D eigenvalue weighted by atomic mass is 16.5. The zero-order valence-electron chi connectivity index (χ0n) is 16.5. The van der Waals surface area contributed by atoms with Gasteiger partial charge in [-0.05, 0) is 48.9 Å². The van der Waals surface area contributed by atoms with E-state index >= 15 is 0 Å². The summed E-state index contributed by atoms with van der Waals surface area (Å²) >= 11 is 0. The van der Waals surface area contributed by atoms with Crippen molar-refractivity contribution in [3.05, 3.63) is 76.5 Å². The number of nitrogens with zero attached hydrogens (tertiary/aromatic N) is 3. The normalized spacial score (nSPS) is 13.4. The van der Waals surface area contributed by atoms with Gasteiger partial charge in [0.15, 0.2) is 0 Å². The molecule has 0 radical (unpaired) electrons. The van der Waals surface area contributed by atoms with Crippen molar-refractivity contribution < 1.29 is 4.74 Å². The minimum atomic E-state index is -0.0832. The Morgan fingerprint density at radius 2 is 2.03 bits per heavy atom. The smallest absolute Gasteiger partial charge is 0.255 e. The van der Waals surface area contributed by atoms with Crippen molar-refractivity contribution in [2.45, 2.75) is 13.0 Å². The van der Waals surface area contributed by atoms with Crippen LogP contribution in [0.2, 0.25) is 0 Å². The van der Waals surface area contributed by atoms with Crippen molar-refractivity contribution in [2.24, 2.45) is 7.05 Å². The van der Waals surface area contributed by atoms with Crippen LogP contribution in [0.4, 0.5) is 0 Å². The molecule has 6 heteroatoms. The minimum Gasteiger partial charge on any atom is -0.495 e. The van der Waals surface area contributed by atoms with E-state index in [-0.39, 0.29) is 5.56 Å². The molecule has 3 aromatic heterocycles. The molecule has 1 aliphatic heterocycles. The average Bonchev–Trinajstić information content (AvgIpc) is 3.06. The molecule has 4 aromatic rings. The highest BCUT2D eigenvalue weighted by Gasteiger charge is 2.18. The van der Waals surface area contributed by atoms with E-state index in [1.165, 1.54) is 16.6 Å². The molecule has 4 heterocycles. The lowest BCUT2D eigenvalue weighted by molar-refractivity contribution is 0.413. The number of pyridine rings is 2. The first-order chi connectivity index (χ1) is 14.2. The maximum atomic E-state index is 12.8. The second-order valence-corrected chi connectivity index (χ2v) is 7.32. The van der Waals surface area contributed by atoms with Gasteiger partial charge in [-0.3, -0.25) is 14.3 Å². The summed E-state index contributed by atoms with van der Waals surface area (Å²) < 4.78 is 9.06. The van der Waals surface area contributed by atoms with Gasteiger partial charge in [0, 0.05) is 42.5 Å². The zero-order valence-corrected chi connectivity index (χ0v) is 16.5. The van der Waals surface area contributed by atoms with Gasteiger partial charge in [0.25, 0.3) is 5.56 Å². The Morgan fingerprint density at radius 3 is 2.79 bits per heavy atom. The molecule has 146 valence electrons. The second kappa shape index (κ2) is 6.90. The van der Waals surface area contributed by atoms with Crippen molar-refractivity contribution in [3.8, 4) is 22.7 Å². The number of aromatic nitrogens is 3. The molecule has 29 heavy (non-hydrogen) atoms. The van der Waals surface area contributed by atoms with E-state index in [0.29, 0.717) is 5.75 Å². The van der Waals surface area contributed by atoms with E-state index in [2.05, 4.69) is 34.0 Å². The molecule has 0 fully saturated rings. The van der Waals surface area contributed by atoms with Crippen molar-refractivity contribution in [1.82, 2.24) is 19.4 Å². The first-order valence-electron chi connectivity index (χ1n) is 9.70. The molecular formula is C23H22N4O2. The summed E-state index contributed by atoms with van der Waals surface area (Å²) in [5, 5.41) is 4.71. The lowest BCUT2D eigenvalue weighted by Gasteiger charge is -2.14. The third-order valence-electron chi connectivity index (χ3n) is 5.73. The van der Waals surface area contributed by atoms with Crippen LogP contribution in [0.1, 0.15) is 11.3 Å². The highest BCUT2D eigenvalue weighted by Crippen LogP contribution is 2.29. The molecule has 5 rings (SSSR count). The maximum absolute atomic E-state index is 12.8. The topological polar surface area (TPSA) is 61.1 Å². The van der Waals surface area contributed by atoms with Crippen molar-refractivity contribution >= 4 is 10.9 Å². The van der Waals surface area contributed by atoms with Crippen LogP contribution >= 0.6 is 0 Å². The van der Waals surface area contributed by atoms with E-state index in [1.807, 2.05) is 30.5 Å². The number of methoxy groups -OCH3 is 1. The van der Waals surface area contributed by atoms with E-state index in [9.17, 15) is 4.79 Å². The van der Waals surface area contributed by atoms with Crippen molar-refractivity contribution in [2.75, 3.05) is 13.7 Å². The van der Waals surface area contributed by atoms with Crippen LogP contribution < -0.4 is 15.6 Å². The van der Waals surface area contributed by atoms with Crippen molar-refractivity contribution in [3.63, 3.8) is 0 Å². The van der Waals surface area contributed by atoms with Gasteiger partial charge in [0.2, 0.25) is 0 Å². The molecule has 0 aliphatic carbocycles. The predicted octanol–water partition coefficient (Wildman–Crippen LogP) is 3.05. The monoisotopic (exact) mass is 386 g/mol. The number of benzene rings is 1. The number of ether oxygens (including phenoxy) is 1. The fourth-order valence-electron chi connectivity index (χ4n) is 4.15. The van der Waals surface area contributed by atoms with Crippen LogP contribution in [0.3, 0.4) is 0 Å². The van der Waals surface area contributed by atoms with Crippen LogP contribution in [0.15, 0.2) is 59.7 Å². The molecular weight excluding hydrogens is 364 g/mol. The van der Waals surface area contributed by atoms with E-state index in [4.69, 9.17) is 4.74 Å². The first kappa shape index (κ1) is 17.7. The summed E-state index contributed by atoms with van der Waals surface area (Å²) in [5.41, 5.74) is 6.22. The molecule has 0 saturated heterocycles. The highest BCUT2D eigenvalue weighted by molar-refractivity contribution is 5.87. The Bertz CT molecular complexity index is 1270. The minimum absolute atomic E-state index is 0.0832. The SMILES string of the molecule is COc1ccc(-c2ccn(-c3ccc4c5c(n(C)c4c3)CNCC5)c(=O)c2)nc1. The van der Waals surface area contributed by atoms with Crippen LogP contribution in [0.25, 0.3) is 27.8 Å². The summed E-state index contributed by atoms with van der Waals surface area (Å²) in [6.07, 6.45) is 4.51. The first-order valence-corrected chi connectivity index (χ1v) is 9.70. The Labute approximate surface area is 168 Å². The second-order valence-electron chi connectivity index (χ2n) is 7.32. The number of aryl methyl sites for hydroxylation is 1. The Kier molecular flexibility index (Phi) is 4.21. The fraction of sp³-hybridized carbons (Fsp3) is 0.217. The number of nitrogens with one attached hydrogen (secondary N) is 1. The predicted molar refractivity (Wildman–Crippen MR) is 114 cm³/mol. The molecule has 0 unspecified atom stereocenters. The van der Waals surface area contributed by atoms with Crippen LogP contribution in [-0.4, -0.2) is 27.8 Å². The molecule has 6 nitrogen and oxygen atoms in total. The fourth-order valence-corrected chi connectivity index (χ4v) is 4.15. The third-order valence-corrected chi connectivity index (χ3v) is 5.73. The molecule has 1 N–H and O–H groups in total. The van der Waals surface area contributed by atoms with Crippen molar-refractivity contribution in [1.29, 1.82) is 0 Å². The maximum Gasteiger partial charge on any atom is 0.255 e. The van der Waals surface area contributed by atoms with Gasteiger partial charge in [0.1, 0.15) is 5.75 Å². The molecule has 0 atom stereocenters. The number of rotatable bonds is 3. The van der Waals surface area contributed by atoms with Gasteiger partial charge < -0.3 is 14.6 Å².